The third kappa shape index (κ3) is 1.54. The van der Waals surface area contributed by atoms with Crippen molar-refractivity contribution in [1.82, 2.24) is 0 Å². The second-order valence-electron chi connectivity index (χ2n) is 3.16. The Balaban J connectivity index is 2.23. The zero-order valence-corrected chi connectivity index (χ0v) is 7.59. The number of halogens is 1. The van der Waals surface area contributed by atoms with E-state index in [0.717, 1.165) is 5.02 Å². The van der Waals surface area contributed by atoms with E-state index in [0.29, 0.717) is 5.92 Å². The van der Waals surface area contributed by atoms with Crippen LogP contribution in [0.15, 0.2) is 36.4 Å². The molecule has 0 amide bonds. The summed E-state index contributed by atoms with van der Waals surface area (Å²) < 4.78 is 0. The van der Waals surface area contributed by atoms with Gasteiger partial charge < -0.3 is 0 Å². The summed E-state index contributed by atoms with van der Waals surface area (Å²) in [6.07, 6.45) is 7.00. The van der Waals surface area contributed by atoms with Crippen molar-refractivity contribution in [3.8, 4) is 0 Å². The van der Waals surface area contributed by atoms with Crippen LogP contribution in [0.3, 0.4) is 0 Å². The van der Waals surface area contributed by atoms with E-state index >= 15 is 0 Å². The predicted molar refractivity (Wildman–Crippen MR) is 52.6 cm³/mol. The molecule has 0 bridgehead atoms. The lowest BCUT2D eigenvalue weighted by Crippen LogP contribution is -1.89. The molecule has 0 unspecified atom stereocenters. The minimum Gasteiger partial charge on any atom is -0.0879 e. The van der Waals surface area contributed by atoms with Crippen LogP contribution in [0, 0.1) is 0 Å². The first-order chi connectivity index (χ1) is 5.86. The first-order valence-electron chi connectivity index (χ1n) is 4.28. The maximum atomic E-state index is 5.80. The van der Waals surface area contributed by atoms with E-state index in [1.54, 1.807) is 0 Å². The van der Waals surface area contributed by atoms with Gasteiger partial charge in [-0.1, -0.05) is 35.9 Å². The van der Waals surface area contributed by atoms with Crippen molar-refractivity contribution in [2.24, 2.45) is 0 Å². The molecule has 1 atom stereocenters. The Morgan fingerprint density at radius 3 is 2.50 bits per heavy atom. The smallest absolute Gasteiger partial charge is 0.0406 e. The lowest BCUT2D eigenvalue weighted by Gasteiger charge is -2.06. The quantitative estimate of drug-likeness (QED) is 0.575. The van der Waals surface area contributed by atoms with Crippen molar-refractivity contribution in [2.45, 2.75) is 18.8 Å². The third-order valence-electron chi connectivity index (χ3n) is 2.31. The summed E-state index contributed by atoms with van der Waals surface area (Å²) in [5, 5.41) is 0.820. The molecule has 0 radical (unpaired) electrons. The second kappa shape index (κ2) is 3.32. The summed E-state index contributed by atoms with van der Waals surface area (Å²) >= 11 is 5.80. The van der Waals surface area contributed by atoms with Crippen LogP contribution < -0.4 is 0 Å². The molecule has 1 aromatic carbocycles. The fourth-order valence-corrected chi connectivity index (χ4v) is 1.75. The van der Waals surface area contributed by atoms with E-state index in [9.17, 15) is 0 Å². The van der Waals surface area contributed by atoms with Crippen molar-refractivity contribution >= 4 is 11.6 Å². The highest BCUT2D eigenvalue weighted by Gasteiger charge is 2.10. The fourth-order valence-electron chi connectivity index (χ4n) is 1.62. The summed E-state index contributed by atoms with van der Waals surface area (Å²) in [5.41, 5.74) is 1.38. The molecule has 0 saturated heterocycles. The molecule has 0 aromatic heterocycles. The Morgan fingerprint density at radius 1 is 1.17 bits per heavy atom. The van der Waals surface area contributed by atoms with Crippen molar-refractivity contribution < 1.29 is 0 Å². The summed E-state index contributed by atoms with van der Waals surface area (Å²) in [4.78, 5) is 0. The van der Waals surface area contributed by atoms with Gasteiger partial charge in [-0.25, -0.2) is 0 Å². The van der Waals surface area contributed by atoms with Crippen LogP contribution in [0.2, 0.25) is 5.02 Å². The Morgan fingerprint density at radius 2 is 1.92 bits per heavy atom. The molecule has 0 heterocycles. The Bertz CT molecular complexity index is 284. The van der Waals surface area contributed by atoms with Gasteiger partial charge >= 0.3 is 0 Å². The molecule has 0 spiro atoms. The minimum atomic E-state index is 0.627. The van der Waals surface area contributed by atoms with Crippen molar-refractivity contribution in [1.29, 1.82) is 0 Å². The average molecular weight is 179 g/mol. The second-order valence-corrected chi connectivity index (χ2v) is 3.60. The van der Waals surface area contributed by atoms with Gasteiger partial charge in [0.15, 0.2) is 0 Å². The number of rotatable bonds is 1. The maximum Gasteiger partial charge on any atom is 0.0406 e. The van der Waals surface area contributed by atoms with E-state index in [2.05, 4.69) is 24.3 Å². The highest BCUT2D eigenvalue weighted by atomic mass is 35.5. The summed E-state index contributed by atoms with van der Waals surface area (Å²) in [6.45, 7) is 0. The molecular weight excluding hydrogens is 168 g/mol. The van der Waals surface area contributed by atoms with Gasteiger partial charge in [-0.15, -0.1) is 0 Å². The molecule has 12 heavy (non-hydrogen) atoms. The standard InChI is InChI=1S/C11H11Cl/c12-11-7-5-10(6-8-11)9-3-1-2-4-9/h1,3,5-9H,2,4H2/t9-/m1/s1. The van der Waals surface area contributed by atoms with Gasteiger partial charge in [0.05, 0.1) is 0 Å². The Hall–Kier alpha value is -0.750. The van der Waals surface area contributed by atoms with Gasteiger partial charge in [0.1, 0.15) is 0 Å². The molecule has 1 aromatic rings. The molecule has 0 nitrogen and oxygen atoms in total. The van der Waals surface area contributed by atoms with Gasteiger partial charge in [0.25, 0.3) is 0 Å². The topological polar surface area (TPSA) is 0 Å². The number of hydrogen-bond acceptors (Lipinski definition) is 0. The summed E-state index contributed by atoms with van der Waals surface area (Å²) in [6, 6.07) is 8.15. The molecule has 0 fully saturated rings. The zero-order valence-electron chi connectivity index (χ0n) is 6.83. The molecule has 2 rings (SSSR count). The molecule has 62 valence electrons. The molecule has 1 aliphatic carbocycles. The average Bonchev–Trinajstić information content (AvgIpc) is 2.58. The number of allylic oxidation sites excluding steroid dienone is 2. The number of hydrogen-bond donors (Lipinski definition) is 0. The van der Waals surface area contributed by atoms with E-state index < -0.39 is 0 Å². The van der Waals surface area contributed by atoms with E-state index in [4.69, 9.17) is 11.6 Å². The van der Waals surface area contributed by atoms with Crippen LogP contribution in [0.1, 0.15) is 24.3 Å². The van der Waals surface area contributed by atoms with E-state index in [1.807, 2.05) is 12.1 Å². The highest BCUT2D eigenvalue weighted by molar-refractivity contribution is 6.30. The maximum absolute atomic E-state index is 5.80. The zero-order chi connectivity index (χ0) is 8.39. The van der Waals surface area contributed by atoms with Crippen LogP contribution in [0.4, 0.5) is 0 Å². The van der Waals surface area contributed by atoms with Crippen molar-refractivity contribution in [2.75, 3.05) is 0 Å². The predicted octanol–water partition coefficient (Wildman–Crippen LogP) is 3.77. The van der Waals surface area contributed by atoms with E-state index in [1.165, 1.54) is 18.4 Å². The highest BCUT2D eigenvalue weighted by Crippen LogP contribution is 2.28. The molecule has 1 heteroatoms. The number of benzene rings is 1. The Kier molecular flexibility index (Phi) is 2.18. The Labute approximate surface area is 77.9 Å². The fraction of sp³-hybridized carbons (Fsp3) is 0.273. The third-order valence-corrected chi connectivity index (χ3v) is 2.56. The molecule has 1 aliphatic rings. The first-order valence-corrected chi connectivity index (χ1v) is 4.66. The monoisotopic (exact) mass is 178 g/mol. The normalized spacial score (nSPS) is 21.6. The lowest BCUT2D eigenvalue weighted by molar-refractivity contribution is 0.801. The van der Waals surface area contributed by atoms with Crippen molar-refractivity contribution in [3.63, 3.8) is 0 Å². The SMILES string of the molecule is Clc1ccc([C@@H]2C=CCC2)cc1. The van der Waals surface area contributed by atoms with Gasteiger partial charge in [0.2, 0.25) is 0 Å². The largest absolute Gasteiger partial charge is 0.0879 e. The molecule has 0 saturated carbocycles. The summed E-state index contributed by atoms with van der Waals surface area (Å²) in [7, 11) is 0. The first kappa shape index (κ1) is 7.88. The van der Waals surface area contributed by atoms with E-state index in [-0.39, 0.29) is 0 Å². The lowest BCUT2D eigenvalue weighted by atomic mass is 9.99. The summed E-state index contributed by atoms with van der Waals surface area (Å²) in [5.74, 6) is 0.627. The molecule has 0 N–H and O–H groups in total. The molecular formula is C11H11Cl. The van der Waals surface area contributed by atoms with Gasteiger partial charge in [-0.2, -0.15) is 0 Å². The van der Waals surface area contributed by atoms with Crippen LogP contribution >= 0.6 is 11.6 Å². The minimum absolute atomic E-state index is 0.627. The van der Waals surface area contributed by atoms with Crippen LogP contribution in [0.25, 0.3) is 0 Å². The van der Waals surface area contributed by atoms with Gasteiger partial charge in [-0.3, -0.25) is 0 Å². The van der Waals surface area contributed by atoms with Crippen LogP contribution in [0.5, 0.6) is 0 Å². The molecule has 0 aliphatic heterocycles. The van der Waals surface area contributed by atoms with Gasteiger partial charge in [0, 0.05) is 10.9 Å². The van der Waals surface area contributed by atoms with Crippen LogP contribution in [-0.4, -0.2) is 0 Å². The van der Waals surface area contributed by atoms with Gasteiger partial charge in [-0.05, 0) is 30.5 Å². The van der Waals surface area contributed by atoms with Crippen LogP contribution in [-0.2, 0) is 0 Å². The van der Waals surface area contributed by atoms with Crippen molar-refractivity contribution in [3.05, 3.63) is 47.0 Å².